The maximum absolute atomic E-state index is 12.9. The van der Waals surface area contributed by atoms with Crippen LogP contribution in [0.5, 0.6) is 0 Å². The lowest BCUT2D eigenvalue weighted by molar-refractivity contribution is 0.455. The maximum Gasteiger partial charge on any atom is 0.124 e. The molecule has 1 aliphatic rings. The van der Waals surface area contributed by atoms with Crippen LogP contribution in [0.4, 0.5) is 4.39 Å². The molecule has 1 atom stereocenters. The van der Waals surface area contributed by atoms with Gasteiger partial charge in [-0.05, 0) is 37.1 Å². The molecule has 1 unspecified atom stereocenters. The van der Waals surface area contributed by atoms with Crippen LogP contribution in [0.3, 0.4) is 0 Å². The van der Waals surface area contributed by atoms with Gasteiger partial charge in [-0.3, -0.25) is 0 Å². The molecule has 1 fully saturated rings. The molecular formula is C13H15BrFN. The van der Waals surface area contributed by atoms with E-state index in [2.05, 4.69) is 27.3 Å². The summed E-state index contributed by atoms with van der Waals surface area (Å²) in [5.74, 6) is -0.209. The van der Waals surface area contributed by atoms with Gasteiger partial charge in [0.25, 0.3) is 0 Å². The van der Waals surface area contributed by atoms with Crippen molar-refractivity contribution in [1.29, 1.82) is 0 Å². The van der Waals surface area contributed by atoms with Crippen molar-refractivity contribution < 1.29 is 4.39 Å². The fourth-order valence-electron chi connectivity index (χ4n) is 1.90. The first-order chi connectivity index (χ1) is 7.75. The van der Waals surface area contributed by atoms with Gasteiger partial charge in [0.15, 0.2) is 0 Å². The van der Waals surface area contributed by atoms with Gasteiger partial charge in [-0.15, -0.1) is 0 Å². The van der Waals surface area contributed by atoms with E-state index >= 15 is 0 Å². The number of piperidine rings is 1. The van der Waals surface area contributed by atoms with E-state index in [-0.39, 0.29) is 5.82 Å². The Balaban J connectivity index is 2.04. The van der Waals surface area contributed by atoms with Crippen LogP contribution in [-0.4, -0.2) is 12.6 Å². The van der Waals surface area contributed by atoms with E-state index in [1.165, 1.54) is 31.4 Å². The highest BCUT2D eigenvalue weighted by molar-refractivity contribution is 9.10. The van der Waals surface area contributed by atoms with Gasteiger partial charge in [0.1, 0.15) is 5.82 Å². The van der Waals surface area contributed by atoms with Gasteiger partial charge in [-0.1, -0.05) is 40.6 Å². The Morgan fingerprint density at radius 1 is 1.38 bits per heavy atom. The highest BCUT2D eigenvalue weighted by Crippen LogP contribution is 2.20. The van der Waals surface area contributed by atoms with Gasteiger partial charge in [0.05, 0.1) is 0 Å². The largest absolute Gasteiger partial charge is 0.311 e. The minimum Gasteiger partial charge on any atom is -0.311 e. The van der Waals surface area contributed by atoms with E-state index in [0.717, 1.165) is 16.6 Å². The summed E-state index contributed by atoms with van der Waals surface area (Å²) in [5.41, 5.74) is 1.02. The maximum atomic E-state index is 12.9. The summed E-state index contributed by atoms with van der Waals surface area (Å²) in [7, 11) is 0. The van der Waals surface area contributed by atoms with Crippen LogP contribution < -0.4 is 5.32 Å². The summed E-state index contributed by atoms with van der Waals surface area (Å²) in [5, 5.41) is 3.44. The second kappa shape index (κ2) is 5.60. The Morgan fingerprint density at radius 3 is 2.94 bits per heavy atom. The Bertz CT molecular complexity index is 384. The average Bonchev–Trinajstić information content (AvgIpc) is 2.29. The molecule has 1 aromatic rings. The zero-order chi connectivity index (χ0) is 11.4. The fraction of sp³-hybridized carbons (Fsp3) is 0.385. The second-order valence-electron chi connectivity index (χ2n) is 4.08. The summed E-state index contributed by atoms with van der Waals surface area (Å²) >= 11 is 3.36. The summed E-state index contributed by atoms with van der Waals surface area (Å²) < 4.78 is 13.7. The Labute approximate surface area is 104 Å². The first-order valence-corrected chi connectivity index (χ1v) is 6.41. The van der Waals surface area contributed by atoms with Crippen molar-refractivity contribution >= 4 is 22.0 Å². The van der Waals surface area contributed by atoms with Crippen molar-refractivity contribution in [2.24, 2.45) is 0 Å². The molecule has 2 rings (SSSR count). The number of rotatable bonds is 2. The van der Waals surface area contributed by atoms with Gasteiger partial charge in [0.2, 0.25) is 0 Å². The van der Waals surface area contributed by atoms with Gasteiger partial charge < -0.3 is 5.32 Å². The normalized spacial score (nSPS) is 21.5. The quantitative estimate of drug-likeness (QED) is 0.872. The second-order valence-corrected chi connectivity index (χ2v) is 4.94. The van der Waals surface area contributed by atoms with Gasteiger partial charge in [0, 0.05) is 10.5 Å². The molecule has 0 spiro atoms. The molecule has 3 heteroatoms. The smallest absolute Gasteiger partial charge is 0.124 e. The Kier molecular flexibility index (Phi) is 4.13. The van der Waals surface area contributed by atoms with E-state index in [1.54, 1.807) is 6.07 Å². The molecule has 0 bridgehead atoms. The average molecular weight is 284 g/mol. The molecule has 0 amide bonds. The summed E-state index contributed by atoms with van der Waals surface area (Å²) in [6.45, 7) is 1.10. The monoisotopic (exact) mass is 283 g/mol. The molecule has 1 aliphatic heterocycles. The first kappa shape index (κ1) is 11.8. The zero-order valence-electron chi connectivity index (χ0n) is 9.05. The third kappa shape index (κ3) is 3.16. The standard InChI is InChI=1S/C13H15BrFN/c14-13-9-11(15)6-4-10(13)5-7-12-3-1-2-8-16-12/h4-7,9,12,16H,1-3,8H2/b7-5+. The highest BCUT2D eigenvalue weighted by atomic mass is 79.9. The van der Waals surface area contributed by atoms with Crippen molar-refractivity contribution in [3.05, 3.63) is 40.1 Å². The highest BCUT2D eigenvalue weighted by Gasteiger charge is 2.08. The van der Waals surface area contributed by atoms with Crippen LogP contribution in [0.2, 0.25) is 0 Å². The number of hydrogen-bond acceptors (Lipinski definition) is 1. The van der Waals surface area contributed by atoms with E-state index in [9.17, 15) is 4.39 Å². The molecule has 0 radical (unpaired) electrons. The van der Waals surface area contributed by atoms with Crippen LogP contribution in [0.1, 0.15) is 24.8 Å². The minimum absolute atomic E-state index is 0.209. The van der Waals surface area contributed by atoms with Crippen LogP contribution in [0.25, 0.3) is 6.08 Å². The summed E-state index contributed by atoms with van der Waals surface area (Å²) in [6.07, 6.45) is 7.95. The lowest BCUT2D eigenvalue weighted by Crippen LogP contribution is -2.31. The van der Waals surface area contributed by atoms with E-state index in [0.29, 0.717) is 6.04 Å². The lowest BCUT2D eigenvalue weighted by Gasteiger charge is -2.20. The van der Waals surface area contributed by atoms with Crippen LogP contribution in [0.15, 0.2) is 28.7 Å². The van der Waals surface area contributed by atoms with Crippen LogP contribution in [0, 0.1) is 5.82 Å². The van der Waals surface area contributed by atoms with E-state index in [4.69, 9.17) is 0 Å². The van der Waals surface area contributed by atoms with Crippen LogP contribution in [-0.2, 0) is 0 Å². The molecule has 0 aromatic heterocycles. The third-order valence-corrected chi connectivity index (χ3v) is 3.51. The molecular weight excluding hydrogens is 269 g/mol. The number of benzene rings is 1. The molecule has 86 valence electrons. The van der Waals surface area contributed by atoms with E-state index in [1.807, 2.05) is 6.08 Å². The molecule has 1 N–H and O–H groups in total. The Morgan fingerprint density at radius 2 is 2.25 bits per heavy atom. The summed E-state index contributed by atoms with van der Waals surface area (Å²) in [6, 6.07) is 5.23. The summed E-state index contributed by atoms with van der Waals surface area (Å²) in [4.78, 5) is 0. The molecule has 0 aliphatic carbocycles. The predicted octanol–water partition coefficient (Wildman–Crippen LogP) is 3.74. The third-order valence-electron chi connectivity index (χ3n) is 2.82. The lowest BCUT2D eigenvalue weighted by atomic mass is 10.0. The van der Waals surface area contributed by atoms with Gasteiger partial charge in [-0.2, -0.15) is 0 Å². The molecule has 16 heavy (non-hydrogen) atoms. The van der Waals surface area contributed by atoms with Crippen molar-refractivity contribution in [3.8, 4) is 0 Å². The Hall–Kier alpha value is -0.670. The first-order valence-electron chi connectivity index (χ1n) is 5.62. The van der Waals surface area contributed by atoms with Gasteiger partial charge >= 0.3 is 0 Å². The molecule has 1 heterocycles. The molecule has 1 aromatic carbocycles. The zero-order valence-corrected chi connectivity index (χ0v) is 10.6. The van der Waals surface area contributed by atoms with Crippen molar-refractivity contribution in [1.82, 2.24) is 5.32 Å². The van der Waals surface area contributed by atoms with Crippen LogP contribution >= 0.6 is 15.9 Å². The van der Waals surface area contributed by atoms with E-state index < -0.39 is 0 Å². The van der Waals surface area contributed by atoms with Crippen molar-refractivity contribution in [3.63, 3.8) is 0 Å². The minimum atomic E-state index is -0.209. The predicted molar refractivity (Wildman–Crippen MR) is 68.8 cm³/mol. The SMILES string of the molecule is Fc1ccc(/C=C/C2CCCCN2)c(Br)c1. The molecule has 1 nitrogen and oxygen atoms in total. The molecule has 0 saturated carbocycles. The number of halogens is 2. The number of nitrogens with one attached hydrogen (secondary N) is 1. The fourth-order valence-corrected chi connectivity index (χ4v) is 2.38. The van der Waals surface area contributed by atoms with Crippen molar-refractivity contribution in [2.45, 2.75) is 25.3 Å². The van der Waals surface area contributed by atoms with Crippen molar-refractivity contribution in [2.75, 3.05) is 6.54 Å². The van der Waals surface area contributed by atoms with Gasteiger partial charge in [-0.25, -0.2) is 4.39 Å². The topological polar surface area (TPSA) is 12.0 Å². The number of hydrogen-bond donors (Lipinski definition) is 1. The molecule has 1 saturated heterocycles.